The highest BCUT2D eigenvalue weighted by Crippen LogP contribution is 2.45. The summed E-state index contributed by atoms with van der Waals surface area (Å²) < 4.78 is 5.62. The zero-order chi connectivity index (χ0) is 34.9. The van der Waals surface area contributed by atoms with Gasteiger partial charge in [-0.1, -0.05) is 50.2 Å². The third-order valence-electron chi connectivity index (χ3n) is 10.2. The normalized spacial score (nSPS) is 26.5. The van der Waals surface area contributed by atoms with Crippen LogP contribution in [0.5, 0.6) is 0 Å². The van der Waals surface area contributed by atoms with Crippen molar-refractivity contribution in [1.29, 1.82) is 0 Å². The van der Waals surface area contributed by atoms with Gasteiger partial charge in [-0.2, -0.15) is 0 Å². The topological polar surface area (TPSA) is 147 Å². The average molecular weight is 691 g/mol. The van der Waals surface area contributed by atoms with Crippen LogP contribution in [0.2, 0.25) is 0 Å². The molecular weight excluding hydrogens is 644 g/mol. The van der Waals surface area contributed by atoms with E-state index >= 15 is 0 Å². The quantitative estimate of drug-likeness (QED) is 0.215. The van der Waals surface area contributed by atoms with Crippen LogP contribution in [0.1, 0.15) is 83.3 Å². The molecule has 6 rings (SSSR count). The smallest absolute Gasteiger partial charge is 0.408 e. The second-order valence-electron chi connectivity index (χ2n) is 14.8. The van der Waals surface area contributed by atoms with Gasteiger partial charge in [0.05, 0.1) is 12.3 Å². The highest BCUT2D eigenvalue weighted by atomic mass is 32.1. The lowest BCUT2D eigenvalue weighted by molar-refractivity contribution is -0.146. The van der Waals surface area contributed by atoms with E-state index in [1.165, 1.54) is 16.5 Å². The van der Waals surface area contributed by atoms with E-state index in [0.29, 0.717) is 0 Å². The van der Waals surface area contributed by atoms with Crippen LogP contribution in [-0.2, 0) is 30.4 Å². The number of hydrogen-bond acceptors (Lipinski definition) is 8. The maximum atomic E-state index is 14.3. The minimum absolute atomic E-state index is 0.0344. The van der Waals surface area contributed by atoms with E-state index in [4.69, 9.17) is 9.57 Å². The summed E-state index contributed by atoms with van der Waals surface area (Å²) in [5.74, 6) is -2.64. The number of carbonyl (C=O) groups excluding carboxylic acids is 3. The number of likely N-dealkylation sites (tertiary alicyclic amines) is 1. The second kappa shape index (κ2) is 14.0. The van der Waals surface area contributed by atoms with E-state index in [2.05, 4.69) is 46.6 Å². The van der Waals surface area contributed by atoms with Gasteiger partial charge in [0.25, 0.3) is 0 Å². The van der Waals surface area contributed by atoms with Crippen LogP contribution in [0.25, 0.3) is 10.4 Å². The monoisotopic (exact) mass is 690 g/mol. The van der Waals surface area contributed by atoms with E-state index in [1.807, 2.05) is 32.2 Å². The first kappa shape index (κ1) is 34.7. The zero-order valence-corrected chi connectivity index (χ0v) is 29.2. The molecular formula is C37H46N4O7S. The molecule has 5 atom stereocenters. The van der Waals surface area contributed by atoms with Gasteiger partial charge >= 0.3 is 12.1 Å². The van der Waals surface area contributed by atoms with Crippen LogP contribution in [0.15, 0.2) is 53.5 Å². The Balaban J connectivity index is 1.24. The lowest BCUT2D eigenvalue weighted by Crippen LogP contribution is -2.59. The molecule has 0 unspecified atom stereocenters. The van der Waals surface area contributed by atoms with Gasteiger partial charge in [-0.3, -0.25) is 9.59 Å². The number of ether oxygens (including phenoxy) is 1. The number of thiophene rings is 1. The first-order valence-electron chi connectivity index (χ1n) is 17.2. The molecule has 0 bridgehead atoms. The van der Waals surface area contributed by atoms with Crippen LogP contribution >= 0.6 is 11.3 Å². The van der Waals surface area contributed by atoms with Crippen molar-refractivity contribution in [2.45, 2.75) is 108 Å². The molecule has 1 saturated heterocycles. The molecule has 4 aliphatic rings. The Morgan fingerprint density at radius 1 is 1.12 bits per heavy atom. The Kier molecular flexibility index (Phi) is 9.88. The van der Waals surface area contributed by atoms with Gasteiger partial charge in [0.15, 0.2) is 0 Å². The summed E-state index contributed by atoms with van der Waals surface area (Å²) in [4.78, 5) is 62.1. The van der Waals surface area contributed by atoms with Crippen molar-refractivity contribution in [3.8, 4) is 10.4 Å². The standard InChI is InChI=1S/C37H46N4O7S/c1-5-24-20-37(24,34(44)45)39-32(42)29-19-26(21-41(29)33(43)31(36(2,3)4)38-35(46)47-25-11-6-7-12-25)48-40-28-13-8-10-22-15-16-23(18-27(22)28)30-14-9-17-49-30/h5,9,14-18,24-26,29,31H,1,6-8,10-13,19-21H2,2-4H3,(H,38,46)(H,39,42)(H,44,45)/b40-28+/t24-,26-,29+,31-,37+/m1/s1. The molecule has 2 aromatic rings. The van der Waals surface area contributed by atoms with Crippen LogP contribution < -0.4 is 10.6 Å². The van der Waals surface area contributed by atoms with E-state index < -0.39 is 58.9 Å². The lowest BCUT2D eigenvalue weighted by atomic mass is 9.85. The summed E-state index contributed by atoms with van der Waals surface area (Å²) in [6, 6.07) is 8.46. The highest BCUT2D eigenvalue weighted by Gasteiger charge is 2.61. The van der Waals surface area contributed by atoms with Crippen LogP contribution in [0.4, 0.5) is 4.79 Å². The molecule has 262 valence electrons. The molecule has 0 spiro atoms. The van der Waals surface area contributed by atoms with Crippen molar-refractivity contribution in [3.63, 3.8) is 0 Å². The molecule has 1 aromatic carbocycles. The molecule has 0 radical (unpaired) electrons. The molecule has 2 heterocycles. The number of oxime groups is 1. The number of rotatable bonds is 10. The molecule has 1 aliphatic heterocycles. The van der Waals surface area contributed by atoms with Gasteiger partial charge in [0, 0.05) is 22.8 Å². The van der Waals surface area contributed by atoms with Gasteiger partial charge in [-0.15, -0.1) is 17.9 Å². The van der Waals surface area contributed by atoms with E-state index in [-0.39, 0.29) is 25.5 Å². The Morgan fingerprint density at radius 2 is 1.90 bits per heavy atom. The Hall–Kier alpha value is -4.19. The summed E-state index contributed by atoms with van der Waals surface area (Å²) in [5.41, 5.74) is 1.94. The summed E-state index contributed by atoms with van der Waals surface area (Å²) in [6.07, 6.45) is 6.48. The van der Waals surface area contributed by atoms with E-state index in [9.17, 15) is 24.3 Å². The van der Waals surface area contributed by atoms with Crippen molar-refractivity contribution in [2.75, 3.05) is 6.54 Å². The molecule has 1 aromatic heterocycles. The average Bonchev–Trinajstić information content (AvgIpc) is 3.56. The van der Waals surface area contributed by atoms with Gasteiger partial charge in [-0.05, 0) is 85.4 Å². The van der Waals surface area contributed by atoms with Crippen LogP contribution in [0.3, 0.4) is 0 Å². The number of nitrogens with zero attached hydrogens (tertiary/aromatic N) is 2. The van der Waals surface area contributed by atoms with Gasteiger partial charge < -0.3 is 30.2 Å². The molecule has 3 aliphatic carbocycles. The fourth-order valence-electron chi connectivity index (χ4n) is 7.28. The van der Waals surface area contributed by atoms with E-state index in [0.717, 1.165) is 66.7 Å². The summed E-state index contributed by atoms with van der Waals surface area (Å²) >= 11 is 1.67. The third-order valence-corrected chi connectivity index (χ3v) is 11.1. The maximum Gasteiger partial charge on any atom is 0.408 e. The number of carbonyl (C=O) groups is 4. The first-order valence-corrected chi connectivity index (χ1v) is 18.1. The number of aryl methyl sites for hydroxylation is 1. The Labute approximate surface area is 291 Å². The lowest BCUT2D eigenvalue weighted by Gasteiger charge is -2.35. The second-order valence-corrected chi connectivity index (χ2v) is 15.7. The number of fused-ring (bicyclic) bond motifs is 1. The number of hydrogen-bond donors (Lipinski definition) is 3. The molecule has 3 N–H and O–H groups in total. The van der Waals surface area contributed by atoms with Gasteiger partial charge in [-0.25, -0.2) is 9.59 Å². The van der Waals surface area contributed by atoms with Gasteiger partial charge in [0.2, 0.25) is 11.8 Å². The molecule has 11 nitrogen and oxygen atoms in total. The Morgan fingerprint density at radius 3 is 2.55 bits per heavy atom. The number of carboxylic acid groups (broad SMARTS) is 1. The number of aliphatic carboxylic acids is 1. The SMILES string of the molecule is C=C[C@@H]1C[C@@]1(NC(=O)[C@@H]1C[C@@H](O/N=C2\CCCc3ccc(-c4cccs4)cc32)CN1C(=O)[C@@H](NC(=O)OC1CCCC1)C(C)(C)C)C(=O)O. The molecule has 3 fully saturated rings. The number of amides is 3. The van der Waals surface area contributed by atoms with Crippen molar-refractivity contribution >= 4 is 40.9 Å². The van der Waals surface area contributed by atoms with Crippen LogP contribution in [0, 0.1) is 11.3 Å². The minimum Gasteiger partial charge on any atom is -0.479 e. The summed E-state index contributed by atoms with van der Waals surface area (Å²) in [5, 5.41) is 22.1. The first-order chi connectivity index (χ1) is 23.4. The largest absolute Gasteiger partial charge is 0.479 e. The fourth-order valence-corrected chi connectivity index (χ4v) is 8.01. The van der Waals surface area contributed by atoms with Crippen molar-refractivity contribution < 1.29 is 33.9 Å². The number of benzene rings is 1. The number of alkyl carbamates (subject to hydrolysis) is 1. The third kappa shape index (κ3) is 7.39. The van der Waals surface area contributed by atoms with Crippen molar-refractivity contribution in [3.05, 3.63) is 59.5 Å². The predicted octanol–water partition coefficient (Wildman–Crippen LogP) is 5.67. The van der Waals surface area contributed by atoms with E-state index in [1.54, 1.807) is 11.3 Å². The molecule has 3 amide bonds. The Bertz CT molecular complexity index is 1630. The zero-order valence-electron chi connectivity index (χ0n) is 28.4. The van der Waals surface area contributed by atoms with Crippen molar-refractivity contribution in [2.24, 2.45) is 16.5 Å². The fraction of sp³-hybridized carbons (Fsp3) is 0.541. The highest BCUT2D eigenvalue weighted by molar-refractivity contribution is 7.13. The maximum absolute atomic E-state index is 14.3. The number of carboxylic acids is 1. The minimum atomic E-state index is -1.47. The summed E-state index contributed by atoms with van der Waals surface area (Å²) in [6.45, 7) is 9.25. The van der Waals surface area contributed by atoms with Gasteiger partial charge in [0.1, 0.15) is 29.8 Å². The molecule has 2 saturated carbocycles. The summed E-state index contributed by atoms with van der Waals surface area (Å²) in [7, 11) is 0. The molecule has 49 heavy (non-hydrogen) atoms. The molecule has 12 heteroatoms. The predicted molar refractivity (Wildman–Crippen MR) is 186 cm³/mol. The number of nitrogens with one attached hydrogen (secondary N) is 2. The van der Waals surface area contributed by atoms with Crippen molar-refractivity contribution in [1.82, 2.24) is 15.5 Å². The van der Waals surface area contributed by atoms with Crippen LogP contribution in [-0.4, -0.2) is 76.0 Å².